The molecule has 2 heterocycles. The third-order valence-electron chi connectivity index (χ3n) is 3.05. The van der Waals surface area contributed by atoms with Crippen LogP contribution in [0.2, 0.25) is 5.02 Å². The van der Waals surface area contributed by atoms with Gasteiger partial charge in [-0.2, -0.15) is 4.98 Å². The number of hydrogen-bond acceptors (Lipinski definition) is 8. The van der Waals surface area contributed by atoms with Crippen LogP contribution < -0.4 is 11.4 Å². The van der Waals surface area contributed by atoms with Crippen molar-refractivity contribution >= 4 is 26.0 Å². The van der Waals surface area contributed by atoms with E-state index in [9.17, 15) is 23.6 Å². The number of ether oxygens (including phenoxy) is 1. The molecule has 0 spiro atoms. The van der Waals surface area contributed by atoms with Gasteiger partial charge < -0.3 is 29.5 Å². The van der Waals surface area contributed by atoms with Crippen LogP contribution in [0.1, 0.15) is 26.5 Å². The van der Waals surface area contributed by atoms with E-state index >= 15 is 0 Å². The van der Waals surface area contributed by atoms with Crippen LogP contribution in [0.4, 0.5) is 14.6 Å². The predicted octanol–water partition coefficient (Wildman–Crippen LogP) is 1.67. The molecule has 26 heavy (non-hydrogen) atoms. The highest BCUT2D eigenvalue weighted by Crippen LogP contribution is 2.37. The number of anilines is 1. The second-order valence-electron chi connectivity index (χ2n) is 5.40. The first-order valence-electron chi connectivity index (χ1n) is 7.47. The van der Waals surface area contributed by atoms with Gasteiger partial charge >= 0.3 is 14.3 Å². The number of aromatic nitrogens is 2. The van der Waals surface area contributed by atoms with Gasteiger partial charge in [-0.05, 0) is 13.8 Å². The summed E-state index contributed by atoms with van der Waals surface area (Å²) >= 11 is 5.84. The molecule has 4 atom stereocenters. The third-order valence-corrected chi connectivity index (χ3v) is 4.31. The molecule has 1 fully saturated rings. The minimum atomic E-state index is -2.01. The van der Waals surface area contributed by atoms with Crippen molar-refractivity contribution < 1.29 is 32.6 Å². The summed E-state index contributed by atoms with van der Waals surface area (Å²) in [5, 5.41) is 10.2. The smallest absolute Gasteiger partial charge is 0.351 e. The number of halogens is 3. The van der Waals surface area contributed by atoms with Crippen LogP contribution in [-0.2, 0) is 13.8 Å². The van der Waals surface area contributed by atoms with E-state index in [4.69, 9.17) is 31.1 Å². The number of aliphatic hydroxyl groups excluding tert-OH is 1. The summed E-state index contributed by atoms with van der Waals surface area (Å²) in [6.45, 7) is 1.81. The average Bonchev–Trinajstić information content (AvgIpc) is 2.90. The van der Waals surface area contributed by atoms with Crippen LogP contribution in [0.3, 0.4) is 0 Å². The number of rotatable bonds is 6. The standard InChI is InChI=1S/C12H19ClN3O6P.CH2F2/c1-6(2)22-23(19)20-5-7-3-9(17)11(21-7)16-4-8(13)10(14)15-12(16)18;2-1-3/h4,6-7,9,11,17,19H,3,5H2,1-2H3,(H2,14,15,18);1H2. The molecule has 0 bridgehead atoms. The fraction of sp³-hybridized carbons (Fsp3) is 0.692. The second-order valence-corrected chi connectivity index (χ2v) is 6.76. The monoisotopic (exact) mass is 419 g/mol. The van der Waals surface area contributed by atoms with Gasteiger partial charge in [0.05, 0.1) is 23.8 Å². The summed E-state index contributed by atoms with van der Waals surface area (Å²) in [5.74, 6) is -0.0861. The molecule has 13 heteroatoms. The molecule has 2 rings (SSSR count). The zero-order valence-corrected chi connectivity index (χ0v) is 15.7. The maximum atomic E-state index is 11.9. The Morgan fingerprint density at radius 2 is 2.19 bits per heavy atom. The number of aliphatic hydroxyl groups is 1. The molecule has 0 radical (unpaired) electrons. The summed E-state index contributed by atoms with van der Waals surface area (Å²) in [5.41, 5.74) is 4.78. The Kier molecular flexibility index (Phi) is 9.80. The van der Waals surface area contributed by atoms with Crippen LogP contribution in [0.5, 0.6) is 0 Å². The Morgan fingerprint density at radius 3 is 2.77 bits per heavy atom. The number of nitrogens with two attached hydrogens (primary N) is 1. The normalized spacial score (nSPS) is 23.6. The maximum absolute atomic E-state index is 11.9. The summed E-state index contributed by atoms with van der Waals surface area (Å²) in [7, 11) is -2.01. The van der Waals surface area contributed by atoms with Crippen molar-refractivity contribution in [3.8, 4) is 0 Å². The summed E-state index contributed by atoms with van der Waals surface area (Å²) in [4.78, 5) is 25.0. The molecule has 150 valence electrons. The van der Waals surface area contributed by atoms with E-state index in [0.29, 0.717) is 0 Å². The molecule has 1 saturated heterocycles. The molecule has 1 aliphatic heterocycles. The van der Waals surface area contributed by atoms with Gasteiger partial charge in [0.15, 0.2) is 6.23 Å². The third kappa shape index (κ3) is 6.99. The van der Waals surface area contributed by atoms with Gasteiger partial charge in [-0.3, -0.25) is 4.57 Å². The maximum Gasteiger partial charge on any atom is 0.351 e. The first-order valence-corrected chi connectivity index (χ1v) is 8.98. The highest BCUT2D eigenvalue weighted by atomic mass is 35.5. The fourth-order valence-corrected chi connectivity index (χ4v) is 2.95. The zero-order valence-electron chi connectivity index (χ0n) is 14.1. The van der Waals surface area contributed by atoms with Crippen molar-refractivity contribution in [2.24, 2.45) is 0 Å². The Morgan fingerprint density at radius 1 is 1.58 bits per heavy atom. The van der Waals surface area contributed by atoms with Crippen molar-refractivity contribution in [3.63, 3.8) is 0 Å². The van der Waals surface area contributed by atoms with Gasteiger partial charge in [0, 0.05) is 12.6 Å². The van der Waals surface area contributed by atoms with E-state index in [1.807, 2.05) is 0 Å². The van der Waals surface area contributed by atoms with E-state index in [1.54, 1.807) is 13.8 Å². The highest BCUT2D eigenvalue weighted by molar-refractivity contribution is 7.40. The first-order chi connectivity index (χ1) is 12.2. The lowest BCUT2D eigenvalue weighted by atomic mass is 10.2. The van der Waals surface area contributed by atoms with E-state index in [2.05, 4.69) is 4.98 Å². The fourth-order valence-electron chi connectivity index (χ4n) is 2.09. The van der Waals surface area contributed by atoms with Crippen LogP contribution in [0, 0.1) is 0 Å². The number of alkyl halides is 2. The average molecular weight is 420 g/mol. The van der Waals surface area contributed by atoms with Crippen molar-refractivity contribution in [2.75, 3.05) is 19.3 Å². The van der Waals surface area contributed by atoms with Crippen LogP contribution in [0.25, 0.3) is 0 Å². The van der Waals surface area contributed by atoms with E-state index in [1.165, 1.54) is 6.20 Å². The number of nitrogens with zero attached hydrogens (tertiary/aromatic N) is 2. The lowest BCUT2D eigenvalue weighted by molar-refractivity contribution is -0.0518. The van der Waals surface area contributed by atoms with Gasteiger partial charge in [-0.25, -0.2) is 13.6 Å². The molecule has 1 aliphatic rings. The van der Waals surface area contributed by atoms with Crippen LogP contribution >= 0.6 is 20.2 Å². The first kappa shape index (κ1) is 23.1. The topological polar surface area (TPSA) is 129 Å². The lowest BCUT2D eigenvalue weighted by Crippen LogP contribution is -2.32. The van der Waals surface area contributed by atoms with E-state index in [0.717, 1.165) is 4.57 Å². The molecule has 0 saturated carbocycles. The number of hydrogen-bond donors (Lipinski definition) is 3. The van der Waals surface area contributed by atoms with E-state index in [-0.39, 0.29) is 30.0 Å². The Bertz CT molecular complexity index is 626. The van der Waals surface area contributed by atoms with Crippen molar-refractivity contribution in [3.05, 3.63) is 21.7 Å². The summed E-state index contributed by atoms with van der Waals surface area (Å²) < 4.78 is 36.1. The minimum Gasteiger partial charge on any atom is -0.388 e. The van der Waals surface area contributed by atoms with Gasteiger partial charge in [0.25, 0.3) is 0 Å². The second kappa shape index (κ2) is 11.0. The zero-order chi connectivity index (χ0) is 19.9. The molecule has 9 nitrogen and oxygen atoms in total. The van der Waals surface area contributed by atoms with Crippen LogP contribution in [-0.4, -0.2) is 51.4 Å². The quantitative estimate of drug-likeness (QED) is 0.594. The minimum absolute atomic E-state index is 0.0212. The summed E-state index contributed by atoms with van der Waals surface area (Å²) in [6, 6.07) is 0. The highest BCUT2D eigenvalue weighted by Gasteiger charge is 2.36. The molecular weight excluding hydrogens is 399 g/mol. The van der Waals surface area contributed by atoms with Crippen LogP contribution in [0.15, 0.2) is 11.0 Å². The summed E-state index contributed by atoms with van der Waals surface area (Å²) in [6.07, 6.45) is -1.08. The van der Waals surface area contributed by atoms with E-state index < -0.39 is 39.7 Å². The SMILES string of the molecule is CC(C)OP(O)OCC1CC(O)C(n2cc(Cl)c(N)nc2=O)O1.FCF. The van der Waals surface area contributed by atoms with Crippen molar-refractivity contribution in [1.29, 1.82) is 0 Å². The molecule has 0 amide bonds. The van der Waals surface area contributed by atoms with Crippen molar-refractivity contribution in [2.45, 2.75) is 44.8 Å². The van der Waals surface area contributed by atoms with Gasteiger partial charge in [-0.1, -0.05) is 11.6 Å². The molecule has 4 N–H and O–H groups in total. The Balaban J connectivity index is 0.00000105. The molecular formula is C13H21ClF2N3O6P. The largest absolute Gasteiger partial charge is 0.388 e. The number of nitrogen functional groups attached to an aromatic ring is 1. The molecule has 1 aromatic rings. The van der Waals surface area contributed by atoms with Gasteiger partial charge in [0.2, 0.25) is 6.93 Å². The molecule has 4 unspecified atom stereocenters. The Labute approximate surface area is 154 Å². The van der Waals surface area contributed by atoms with Gasteiger partial charge in [-0.15, -0.1) is 0 Å². The van der Waals surface area contributed by atoms with Crippen molar-refractivity contribution in [1.82, 2.24) is 9.55 Å². The molecule has 1 aromatic heterocycles. The molecule has 0 aromatic carbocycles. The Hall–Kier alpha value is -0.940. The lowest BCUT2D eigenvalue weighted by Gasteiger charge is -2.18. The molecule has 0 aliphatic carbocycles. The van der Waals surface area contributed by atoms with Gasteiger partial charge in [0.1, 0.15) is 11.9 Å². The predicted molar refractivity (Wildman–Crippen MR) is 90.8 cm³/mol.